The van der Waals surface area contributed by atoms with E-state index in [1.54, 1.807) is 0 Å². The van der Waals surface area contributed by atoms with Gasteiger partial charge in [0.2, 0.25) is 0 Å². The van der Waals surface area contributed by atoms with Crippen molar-refractivity contribution in [1.82, 2.24) is 0 Å². The van der Waals surface area contributed by atoms with Crippen molar-refractivity contribution in [3.05, 3.63) is 29.8 Å². The predicted molar refractivity (Wildman–Crippen MR) is 57.5 cm³/mol. The molecule has 1 atom stereocenters. The third kappa shape index (κ3) is 2.74. The Hall–Kier alpha value is -1.02. The van der Waals surface area contributed by atoms with E-state index in [0.717, 1.165) is 17.7 Å². The van der Waals surface area contributed by atoms with Gasteiger partial charge in [0.1, 0.15) is 5.75 Å². The first kappa shape index (κ1) is 11.1. The maximum Gasteiger partial charge on any atom is 0.125 e. The Morgan fingerprint density at radius 3 is 2.64 bits per heavy atom. The van der Waals surface area contributed by atoms with Crippen LogP contribution in [0.3, 0.4) is 0 Å². The lowest BCUT2D eigenvalue weighted by Gasteiger charge is -2.14. The van der Waals surface area contributed by atoms with Gasteiger partial charge in [-0.1, -0.05) is 32.0 Å². The highest BCUT2D eigenvalue weighted by molar-refractivity contribution is 5.34. The van der Waals surface area contributed by atoms with E-state index in [1.165, 1.54) is 0 Å². The molecule has 2 nitrogen and oxygen atoms in total. The van der Waals surface area contributed by atoms with E-state index in [9.17, 15) is 5.11 Å². The number of para-hydroxylation sites is 1. The topological polar surface area (TPSA) is 29.5 Å². The molecule has 0 heterocycles. The Labute approximate surface area is 85.5 Å². The highest BCUT2D eigenvalue weighted by atomic mass is 16.5. The second kappa shape index (κ2) is 5.66. The van der Waals surface area contributed by atoms with Crippen molar-refractivity contribution >= 4 is 0 Å². The van der Waals surface area contributed by atoms with Crippen molar-refractivity contribution in [2.45, 2.75) is 32.8 Å². The maximum absolute atomic E-state index is 9.73. The van der Waals surface area contributed by atoms with E-state index in [1.807, 2.05) is 31.2 Å². The summed E-state index contributed by atoms with van der Waals surface area (Å²) in [7, 11) is 0. The normalized spacial score (nSPS) is 12.5. The standard InChI is InChI=1S/C12H18O2/c1-3-9-14-12-8-6-5-7-10(12)11(13)4-2/h5-8,11,13H,3-4,9H2,1-2H3. The van der Waals surface area contributed by atoms with E-state index in [2.05, 4.69) is 6.92 Å². The fourth-order valence-corrected chi connectivity index (χ4v) is 1.32. The predicted octanol–water partition coefficient (Wildman–Crippen LogP) is 2.92. The van der Waals surface area contributed by atoms with E-state index < -0.39 is 6.10 Å². The first-order valence-corrected chi connectivity index (χ1v) is 5.19. The van der Waals surface area contributed by atoms with Crippen molar-refractivity contribution in [1.29, 1.82) is 0 Å². The van der Waals surface area contributed by atoms with Gasteiger partial charge < -0.3 is 9.84 Å². The van der Waals surface area contributed by atoms with Crippen LogP contribution in [0.2, 0.25) is 0 Å². The van der Waals surface area contributed by atoms with E-state index >= 15 is 0 Å². The average Bonchev–Trinajstić information content (AvgIpc) is 2.25. The molecule has 0 aliphatic rings. The zero-order chi connectivity index (χ0) is 10.4. The van der Waals surface area contributed by atoms with Gasteiger partial charge >= 0.3 is 0 Å². The molecule has 1 rings (SSSR count). The summed E-state index contributed by atoms with van der Waals surface area (Å²) in [6.07, 6.45) is 1.28. The fraction of sp³-hybridized carbons (Fsp3) is 0.500. The summed E-state index contributed by atoms with van der Waals surface area (Å²) in [5.74, 6) is 0.809. The molecule has 0 fully saturated rings. The Balaban J connectivity index is 2.79. The highest BCUT2D eigenvalue weighted by Gasteiger charge is 2.10. The van der Waals surface area contributed by atoms with Crippen LogP contribution in [0.4, 0.5) is 0 Å². The number of hydrogen-bond donors (Lipinski definition) is 1. The highest BCUT2D eigenvalue weighted by Crippen LogP contribution is 2.26. The van der Waals surface area contributed by atoms with Gasteiger partial charge in [-0.05, 0) is 18.9 Å². The summed E-state index contributed by atoms with van der Waals surface area (Å²) in [6, 6.07) is 7.67. The lowest BCUT2D eigenvalue weighted by Crippen LogP contribution is -2.02. The van der Waals surface area contributed by atoms with Gasteiger partial charge in [0.05, 0.1) is 12.7 Å². The first-order valence-electron chi connectivity index (χ1n) is 5.19. The number of aliphatic hydroxyl groups excluding tert-OH is 1. The van der Waals surface area contributed by atoms with Crippen molar-refractivity contribution in [3.63, 3.8) is 0 Å². The second-order valence-electron chi connectivity index (χ2n) is 3.31. The molecule has 0 saturated heterocycles. The van der Waals surface area contributed by atoms with Gasteiger partial charge in [0.15, 0.2) is 0 Å². The molecule has 0 aromatic heterocycles. The molecular formula is C12H18O2. The lowest BCUT2D eigenvalue weighted by atomic mass is 10.1. The van der Waals surface area contributed by atoms with Crippen molar-refractivity contribution < 1.29 is 9.84 Å². The number of benzene rings is 1. The molecule has 2 heteroatoms. The van der Waals surface area contributed by atoms with E-state index in [4.69, 9.17) is 4.74 Å². The van der Waals surface area contributed by atoms with Gasteiger partial charge in [-0.15, -0.1) is 0 Å². The molecule has 1 unspecified atom stereocenters. The zero-order valence-corrected chi connectivity index (χ0v) is 8.86. The number of ether oxygens (including phenoxy) is 1. The molecule has 0 bridgehead atoms. The van der Waals surface area contributed by atoms with Crippen LogP contribution in [-0.2, 0) is 0 Å². The maximum atomic E-state index is 9.73. The minimum absolute atomic E-state index is 0.414. The third-order valence-corrected chi connectivity index (χ3v) is 2.13. The fourth-order valence-electron chi connectivity index (χ4n) is 1.32. The number of aliphatic hydroxyl groups is 1. The largest absolute Gasteiger partial charge is 0.493 e. The minimum Gasteiger partial charge on any atom is -0.493 e. The Bertz CT molecular complexity index is 271. The van der Waals surface area contributed by atoms with Crippen LogP contribution < -0.4 is 4.74 Å². The molecule has 0 amide bonds. The van der Waals surface area contributed by atoms with Crippen LogP contribution in [0.25, 0.3) is 0 Å². The molecule has 0 spiro atoms. The van der Waals surface area contributed by atoms with Gasteiger partial charge in [0.25, 0.3) is 0 Å². The van der Waals surface area contributed by atoms with Gasteiger partial charge in [-0.25, -0.2) is 0 Å². The number of rotatable bonds is 5. The smallest absolute Gasteiger partial charge is 0.125 e. The molecule has 1 aromatic carbocycles. The Kier molecular flexibility index (Phi) is 4.47. The monoisotopic (exact) mass is 194 g/mol. The van der Waals surface area contributed by atoms with Crippen molar-refractivity contribution in [2.75, 3.05) is 6.61 Å². The molecule has 1 N–H and O–H groups in total. The minimum atomic E-state index is -0.414. The summed E-state index contributed by atoms with van der Waals surface area (Å²) >= 11 is 0. The molecule has 14 heavy (non-hydrogen) atoms. The molecule has 0 saturated carbocycles. The van der Waals surface area contributed by atoms with E-state index in [0.29, 0.717) is 13.0 Å². The van der Waals surface area contributed by atoms with Crippen molar-refractivity contribution in [3.8, 4) is 5.75 Å². The average molecular weight is 194 g/mol. The summed E-state index contributed by atoms with van der Waals surface area (Å²) in [5, 5.41) is 9.73. The molecule has 1 aromatic rings. The summed E-state index contributed by atoms with van der Waals surface area (Å²) in [6.45, 7) is 4.73. The van der Waals surface area contributed by atoms with Crippen LogP contribution in [-0.4, -0.2) is 11.7 Å². The summed E-state index contributed by atoms with van der Waals surface area (Å²) in [4.78, 5) is 0. The van der Waals surface area contributed by atoms with Crippen molar-refractivity contribution in [2.24, 2.45) is 0 Å². The Morgan fingerprint density at radius 1 is 1.29 bits per heavy atom. The SMILES string of the molecule is CCCOc1ccccc1C(O)CC. The lowest BCUT2D eigenvalue weighted by molar-refractivity contribution is 0.167. The summed E-state index contributed by atoms with van der Waals surface area (Å²) in [5.41, 5.74) is 0.892. The molecule has 0 radical (unpaired) electrons. The van der Waals surface area contributed by atoms with Gasteiger partial charge in [-0.3, -0.25) is 0 Å². The second-order valence-corrected chi connectivity index (χ2v) is 3.31. The van der Waals surface area contributed by atoms with Crippen LogP contribution in [0.5, 0.6) is 5.75 Å². The zero-order valence-electron chi connectivity index (χ0n) is 8.86. The molecule has 0 aliphatic heterocycles. The number of hydrogen-bond acceptors (Lipinski definition) is 2. The van der Waals surface area contributed by atoms with Crippen LogP contribution in [0.15, 0.2) is 24.3 Å². The molecule has 78 valence electrons. The van der Waals surface area contributed by atoms with Gasteiger partial charge in [0, 0.05) is 5.56 Å². The van der Waals surface area contributed by atoms with Crippen LogP contribution >= 0.6 is 0 Å². The molecule has 0 aliphatic carbocycles. The summed E-state index contributed by atoms with van der Waals surface area (Å²) < 4.78 is 5.55. The van der Waals surface area contributed by atoms with E-state index in [-0.39, 0.29) is 0 Å². The Morgan fingerprint density at radius 2 is 2.00 bits per heavy atom. The van der Waals surface area contributed by atoms with Crippen LogP contribution in [0.1, 0.15) is 38.4 Å². The molecular weight excluding hydrogens is 176 g/mol. The van der Waals surface area contributed by atoms with Crippen LogP contribution in [0, 0.1) is 0 Å². The third-order valence-electron chi connectivity index (χ3n) is 2.13. The quantitative estimate of drug-likeness (QED) is 0.781. The van der Waals surface area contributed by atoms with Gasteiger partial charge in [-0.2, -0.15) is 0 Å². The first-order chi connectivity index (χ1) is 6.79.